The monoisotopic (exact) mass is 307 g/mol. The van der Waals surface area contributed by atoms with E-state index in [-0.39, 0.29) is 5.92 Å². The third-order valence-corrected chi connectivity index (χ3v) is 4.20. The van der Waals surface area contributed by atoms with Crippen molar-refractivity contribution in [3.63, 3.8) is 0 Å². The fourth-order valence-electron chi connectivity index (χ4n) is 2.78. The molecule has 2 nitrogen and oxygen atoms in total. The Hall–Kier alpha value is -2.27. The van der Waals surface area contributed by atoms with Crippen LogP contribution in [0.1, 0.15) is 47.4 Å². The van der Waals surface area contributed by atoms with Crippen molar-refractivity contribution in [1.29, 1.82) is 5.26 Å². The van der Waals surface area contributed by atoms with Gasteiger partial charge in [-0.1, -0.05) is 42.0 Å². The Kier molecular flexibility index (Phi) is 6.23. The second kappa shape index (κ2) is 8.39. The Morgan fingerprint density at radius 3 is 2.52 bits per heavy atom. The minimum Gasteiger partial charge on any atom is -0.493 e. The van der Waals surface area contributed by atoms with Crippen LogP contribution < -0.4 is 4.74 Å². The van der Waals surface area contributed by atoms with Gasteiger partial charge in [0.05, 0.1) is 18.6 Å². The highest BCUT2D eigenvalue weighted by Crippen LogP contribution is 2.25. The highest BCUT2D eigenvalue weighted by atomic mass is 16.5. The van der Waals surface area contributed by atoms with Crippen LogP contribution in [-0.2, 0) is 0 Å². The van der Waals surface area contributed by atoms with Crippen molar-refractivity contribution in [2.24, 2.45) is 0 Å². The van der Waals surface area contributed by atoms with E-state index in [1.165, 1.54) is 16.7 Å². The average Bonchev–Trinajstić information content (AvgIpc) is 2.55. The summed E-state index contributed by atoms with van der Waals surface area (Å²) in [7, 11) is 0. The van der Waals surface area contributed by atoms with Crippen LogP contribution in [0.3, 0.4) is 0 Å². The predicted molar refractivity (Wildman–Crippen MR) is 94.8 cm³/mol. The van der Waals surface area contributed by atoms with Crippen molar-refractivity contribution in [2.75, 3.05) is 6.61 Å². The molecule has 0 N–H and O–H groups in total. The first-order chi connectivity index (χ1) is 11.1. The third kappa shape index (κ3) is 4.86. The van der Waals surface area contributed by atoms with Crippen LogP contribution in [0.2, 0.25) is 0 Å². The summed E-state index contributed by atoms with van der Waals surface area (Å²) in [5.41, 5.74) is 4.76. The molecule has 2 aromatic carbocycles. The van der Waals surface area contributed by atoms with E-state index in [1.807, 2.05) is 18.2 Å². The fourth-order valence-corrected chi connectivity index (χ4v) is 2.78. The summed E-state index contributed by atoms with van der Waals surface area (Å²) in [6.07, 6.45) is 2.85. The highest BCUT2D eigenvalue weighted by Gasteiger charge is 2.13. The van der Waals surface area contributed by atoms with Gasteiger partial charge in [-0.05, 0) is 62.8 Å². The quantitative estimate of drug-likeness (QED) is 0.636. The Balaban J connectivity index is 1.82. The molecule has 1 unspecified atom stereocenters. The number of rotatable bonds is 7. The van der Waals surface area contributed by atoms with Crippen molar-refractivity contribution < 1.29 is 4.74 Å². The van der Waals surface area contributed by atoms with Crippen molar-refractivity contribution in [3.8, 4) is 11.8 Å². The van der Waals surface area contributed by atoms with Gasteiger partial charge in [0.15, 0.2) is 0 Å². The summed E-state index contributed by atoms with van der Waals surface area (Å²) in [5, 5.41) is 9.48. The van der Waals surface area contributed by atoms with Crippen LogP contribution in [0, 0.1) is 32.1 Å². The molecule has 0 aliphatic heterocycles. The Morgan fingerprint density at radius 2 is 1.78 bits per heavy atom. The third-order valence-electron chi connectivity index (χ3n) is 4.20. The van der Waals surface area contributed by atoms with Gasteiger partial charge in [0, 0.05) is 0 Å². The van der Waals surface area contributed by atoms with E-state index in [2.05, 4.69) is 51.1 Å². The van der Waals surface area contributed by atoms with Gasteiger partial charge in [-0.25, -0.2) is 0 Å². The highest BCUT2D eigenvalue weighted by molar-refractivity contribution is 5.36. The first kappa shape index (κ1) is 17.1. The molecule has 0 bridgehead atoms. The van der Waals surface area contributed by atoms with Crippen molar-refractivity contribution in [1.82, 2.24) is 0 Å². The minimum absolute atomic E-state index is 0.0200. The molecule has 0 spiro atoms. The maximum absolute atomic E-state index is 9.48. The number of hydrogen-bond donors (Lipinski definition) is 0. The van der Waals surface area contributed by atoms with Crippen molar-refractivity contribution >= 4 is 0 Å². The molecule has 0 aliphatic carbocycles. The van der Waals surface area contributed by atoms with Gasteiger partial charge in [-0.2, -0.15) is 5.26 Å². The van der Waals surface area contributed by atoms with Crippen LogP contribution in [0.15, 0.2) is 42.5 Å². The van der Waals surface area contributed by atoms with Crippen LogP contribution in [-0.4, -0.2) is 6.61 Å². The van der Waals surface area contributed by atoms with Crippen molar-refractivity contribution in [3.05, 3.63) is 64.7 Å². The van der Waals surface area contributed by atoms with Gasteiger partial charge in [0.2, 0.25) is 0 Å². The van der Waals surface area contributed by atoms with Gasteiger partial charge in [0.25, 0.3) is 0 Å². The van der Waals surface area contributed by atoms with Crippen LogP contribution >= 0.6 is 0 Å². The van der Waals surface area contributed by atoms with Gasteiger partial charge in [0.1, 0.15) is 5.75 Å². The van der Waals surface area contributed by atoms with E-state index in [1.54, 1.807) is 0 Å². The van der Waals surface area contributed by atoms with Crippen molar-refractivity contribution in [2.45, 2.75) is 46.0 Å². The zero-order valence-electron chi connectivity index (χ0n) is 14.3. The minimum atomic E-state index is -0.0200. The van der Waals surface area contributed by atoms with Crippen LogP contribution in [0.4, 0.5) is 0 Å². The smallest absolute Gasteiger partial charge is 0.122 e. The molecule has 0 radical (unpaired) electrons. The maximum atomic E-state index is 9.48. The maximum Gasteiger partial charge on any atom is 0.122 e. The molecule has 1 atom stereocenters. The van der Waals surface area contributed by atoms with E-state index in [0.29, 0.717) is 6.61 Å². The lowest BCUT2D eigenvalue weighted by Gasteiger charge is -2.14. The summed E-state index contributed by atoms with van der Waals surface area (Å²) in [5.74, 6) is 0.937. The molecular formula is C21H25NO. The number of aryl methyl sites for hydroxylation is 3. The van der Waals surface area contributed by atoms with Gasteiger partial charge >= 0.3 is 0 Å². The van der Waals surface area contributed by atoms with Gasteiger partial charge in [-0.15, -0.1) is 0 Å². The average molecular weight is 307 g/mol. The molecule has 120 valence electrons. The Bertz CT molecular complexity index is 684. The summed E-state index contributed by atoms with van der Waals surface area (Å²) in [4.78, 5) is 0. The molecule has 0 saturated carbocycles. The van der Waals surface area contributed by atoms with E-state index >= 15 is 0 Å². The molecule has 2 rings (SSSR count). The van der Waals surface area contributed by atoms with Gasteiger partial charge in [-0.3, -0.25) is 0 Å². The van der Waals surface area contributed by atoms with E-state index in [4.69, 9.17) is 4.74 Å². The summed E-state index contributed by atoms with van der Waals surface area (Å²) < 4.78 is 5.82. The first-order valence-electron chi connectivity index (χ1n) is 8.27. The molecule has 0 aliphatic rings. The number of para-hydroxylation sites is 1. The number of benzene rings is 2. The van der Waals surface area contributed by atoms with Crippen LogP contribution in [0.5, 0.6) is 5.75 Å². The number of unbranched alkanes of at least 4 members (excludes halogenated alkanes) is 1. The predicted octanol–water partition coefficient (Wildman–Crippen LogP) is 5.47. The number of nitrogens with zero attached hydrogens (tertiary/aromatic N) is 1. The lowest BCUT2D eigenvalue weighted by molar-refractivity contribution is 0.302. The summed E-state index contributed by atoms with van der Waals surface area (Å²) in [6.45, 7) is 6.92. The Labute approximate surface area is 139 Å². The second-order valence-corrected chi connectivity index (χ2v) is 6.15. The fraction of sp³-hybridized carbons (Fsp3) is 0.381. The molecule has 0 amide bonds. The van der Waals surface area contributed by atoms with Gasteiger partial charge < -0.3 is 4.74 Å². The first-order valence-corrected chi connectivity index (χ1v) is 8.27. The molecule has 2 aromatic rings. The number of hydrogen-bond acceptors (Lipinski definition) is 2. The second-order valence-electron chi connectivity index (χ2n) is 6.15. The molecular weight excluding hydrogens is 282 g/mol. The standard InChI is InChI=1S/C21H25NO/c1-16-11-12-17(2)20(14-16)19(15-22)9-6-7-13-23-21-10-5-4-8-18(21)3/h4-5,8,10-12,14,19H,6-7,9,13H2,1-3H3. The normalized spacial score (nSPS) is 11.7. The number of ether oxygens (including phenoxy) is 1. The van der Waals surface area contributed by atoms with E-state index < -0.39 is 0 Å². The molecule has 2 heteroatoms. The molecule has 0 saturated heterocycles. The lowest BCUT2D eigenvalue weighted by Crippen LogP contribution is -2.02. The molecule has 23 heavy (non-hydrogen) atoms. The largest absolute Gasteiger partial charge is 0.493 e. The van der Waals surface area contributed by atoms with Crippen LogP contribution in [0.25, 0.3) is 0 Å². The Morgan fingerprint density at radius 1 is 1.00 bits per heavy atom. The molecule has 0 aromatic heterocycles. The van der Waals surface area contributed by atoms with E-state index in [0.717, 1.165) is 30.6 Å². The topological polar surface area (TPSA) is 33.0 Å². The SMILES string of the molecule is Cc1ccc(C)c(C(C#N)CCCCOc2ccccc2C)c1. The summed E-state index contributed by atoms with van der Waals surface area (Å²) in [6, 6.07) is 16.9. The number of nitriles is 1. The molecule has 0 fully saturated rings. The molecule has 0 heterocycles. The zero-order valence-corrected chi connectivity index (χ0v) is 14.3. The summed E-state index contributed by atoms with van der Waals surface area (Å²) >= 11 is 0. The zero-order chi connectivity index (χ0) is 16.7. The lowest BCUT2D eigenvalue weighted by atomic mass is 9.90. The van der Waals surface area contributed by atoms with E-state index in [9.17, 15) is 5.26 Å².